The van der Waals surface area contributed by atoms with E-state index < -0.39 is 40.8 Å². The predicted molar refractivity (Wildman–Crippen MR) is 77.4 cm³/mol. The van der Waals surface area contributed by atoms with Gasteiger partial charge >= 0.3 is 5.97 Å². The molecule has 0 saturated carbocycles. The zero-order valence-corrected chi connectivity index (χ0v) is 12.9. The number of sulfonamides is 1. The van der Waals surface area contributed by atoms with E-state index in [0.717, 1.165) is 4.31 Å². The van der Waals surface area contributed by atoms with E-state index in [0.29, 0.717) is 0 Å². The van der Waals surface area contributed by atoms with Gasteiger partial charge in [-0.15, -0.1) is 0 Å². The van der Waals surface area contributed by atoms with Gasteiger partial charge in [0.05, 0.1) is 37.2 Å². The minimum absolute atomic E-state index is 0.0532. The van der Waals surface area contributed by atoms with Crippen LogP contribution < -0.4 is 0 Å². The molecule has 1 fully saturated rings. The molecular formula is C14H19NO6S. The van der Waals surface area contributed by atoms with Crippen LogP contribution in [0.25, 0.3) is 0 Å². The highest BCUT2D eigenvalue weighted by Crippen LogP contribution is 2.33. The summed E-state index contributed by atoms with van der Waals surface area (Å²) in [6.07, 6.45) is -1.12. The van der Waals surface area contributed by atoms with E-state index in [1.807, 2.05) is 0 Å². The summed E-state index contributed by atoms with van der Waals surface area (Å²) in [7, 11) is -2.71. The number of carbonyl (C=O) groups is 1. The van der Waals surface area contributed by atoms with Crippen molar-refractivity contribution in [1.29, 1.82) is 0 Å². The fourth-order valence-electron chi connectivity index (χ4n) is 2.72. The molecule has 1 aromatic carbocycles. The van der Waals surface area contributed by atoms with Crippen LogP contribution in [0, 0.1) is 0 Å². The number of rotatable bonds is 5. The molecule has 1 heterocycles. The van der Waals surface area contributed by atoms with Gasteiger partial charge in [0.15, 0.2) is 0 Å². The second-order valence-electron chi connectivity index (χ2n) is 5.14. The number of carbonyl (C=O) groups excluding carboxylic acids is 1. The first-order valence-electron chi connectivity index (χ1n) is 6.86. The lowest BCUT2D eigenvalue weighted by molar-refractivity contribution is -0.141. The van der Waals surface area contributed by atoms with Gasteiger partial charge in [-0.2, -0.15) is 4.31 Å². The zero-order chi connectivity index (χ0) is 16.3. The molecule has 0 aromatic heterocycles. The molecule has 2 rings (SSSR count). The summed E-state index contributed by atoms with van der Waals surface area (Å²) in [6.45, 7) is -0.523. The molecule has 0 amide bonds. The van der Waals surface area contributed by atoms with E-state index in [9.17, 15) is 23.4 Å². The van der Waals surface area contributed by atoms with E-state index in [2.05, 4.69) is 4.74 Å². The number of nitrogens with zero attached hydrogens (tertiary/aromatic N) is 1. The summed E-state index contributed by atoms with van der Waals surface area (Å²) < 4.78 is 31.2. The molecule has 22 heavy (non-hydrogen) atoms. The maximum atomic E-state index is 12.8. The maximum Gasteiger partial charge on any atom is 0.307 e. The molecule has 2 N–H and O–H groups in total. The summed E-state index contributed by atoms with van der Waals surface area (Å²) in [5.41, 5.74) is 0. The minimum atomic E-state index is -3.93. The van der Waals surface area contributed by atoms with Crippen molar-refractivity contribution in [3.63, 3.8) is 0 Å². The van der Waals surface area contributed by atoms with Gasteiger partial charge in [0.25, 0.3) is 0 Å². The Bertz CT molecular complexity index is 617. The van der Waals surface area contributed by atoms with E-state index in [4.69, 9.17) is 0 Å². The van der Waals surface area contributed by atoms with E-state index in [1.54, 1.807) is 18.2 Å². The van der Waals surface area contributed by atoms with Gasteiger partial charge in [-0.1, -0.05) is 18.2 Å². The van der Waals surface area contributed by atoms with Gasteiger partial charge in [-0.3, -0.25) is 4.79 Å². The molecular weight excluding hydrogens is 310 g/mol. The van der Waals surface area contributed by atoms with Crippen LogP contribution in [0.15, 0.2) is 35.2 Å². The van der Waals surface area contributed by atoms with Crippen molar-refractivity contribution in [2.45, 2.75) is 35.9 Å². The number of hydrogen-bond donors (Lipinski definition) is 2. The van der Waals surface area contributed by atoms with Gasteiger partial charge in [0.1, 0.15) is 0 Å². The summed E-state index contributed by atoms with van der Waals surface area (Å²) in [4.78, 5) is 11.5. The van der Waals surface area contributed by atoms with Crippen molar-refractivity contribution in [1.82, 2.24) is 4.31 Å². The Labute approximate surface area is 129 Å². The summed E-state index contributed by atoms with van der Waals surface area (Å²) in [6, 6.07) is 6.01. The first kappa shape index (κ1) is 16.9. The second kappa shape index (κ2) is 6.74. The highest BCUT2D eigenvalue weighted by molar-refractivity contribution is 7.89. The molecule has 1 aliphatic rings. The number of aliphatic hydroxyl groups excluding tert-OH is 2. The van der Waals surface area contributed by atoms with Crippen LogP contribution in [0.5, 0.6) is 0 Å². The predicted octanol–water partition coefficient (Wildman–Crippen LogP) is -0.266. The summed E-state index contributed by atoms with van der Waals surface area (Å²) >= 11 is 0. The number of aliphatic hydroxyl groups is 2. The van der Waals surface area contributed by atoms with Crippen LogP contribution in [-0.2, 0) is 19.6 Å². The average molecular weight is 329 g/mol. The Balaban J connectivity index is 2.39. The molecule has 1 aromatic rings. The van der Waals surface area contributed by atoms with Gasteiger partial charge in [-0.05, 0) is 18.6 Å². The smallest absolute Gasteiger partial charge is 0.307 e. The molecule has 122 valence electrons. The molecule has 1 aliphatic heterocycles. The molecule has 0 aliphatic carbocycles. The van der Waals surface area contributed by atoms with Crippen LogP contribution >= 0.6 is 0 Å². The first-order chi connectivity index (χ1) is 10.4. The van der Waals surface area contributed by atoms with Crippen LogP contribution in [0.4, 0.5) is 0 Å². The lowest BCUT2D eigenvalue weighted by Gasteiger charge is -2.28. The molecule has 1 saturated heterocycles. The zero-order valence-electron chi connectivity index (χ0n) is 12.1. The fraction of sp³-hybridized carbons (Fsp3) is 0.500. The number of hydrogen-bond acceptors (Lipinski definition) is 6. The Kier molecular flexibility index (Phi) is 5.17. The van der Waals surface area contributed by atoms with Gasteiger partial charge in [0.2, 0.25) is 10.0 Å². The topological polar surface area (TPSA) is 104 Å². The summed E-state index contributed by atoms with van der Waals surface area (Å²) in [5, 5.41) is 19.5. The minimum Gasteiger partial charge on any atom is -0.469 e. The molecule has 0 unspecified atom stereocenters. The largest absolute Gasteiger partial charge is 0.469 e. The number of methoxy groups -OCH3 is 1. The van der Waals surface area contributed by atoms with Gasteiger partial charge < -0.3 is 14.9 Å². The van der Waals surface area contributed by atoms with Gasteiger partial charge in [0, 0.05) is 6.04 Å². The lowest BCUT2D eigenvalue weighted by atomic mass is 10.1. The van der Waals surface area contributed by atoms with Crippen molar-refractivity contribution in [2.24, 2.45) is 0 Å². The van der Waals surface area contributed by atoms with Crippen molar-refractivity contribution in [3.05, 3.63) is 30.3 Å². The highest BCUT2D eigenvalue weighted by atomic mass is 32.2. The SMILES string of the molecule is COC(=O)C[C@@H]1C[C@H](O)[C@H](CO)N1S(=O)(=O)c1ccccc1. The third-order valence-corrected chi connectivity index (χ3v) is 5.77. The second-order valence-corrected chi connectivity index (χ2v) is 6.98. The van der Waals surface area contributed by atoms with Crippen molar-refractivity contribution >= 4 is 16.0 Å². The normalized spacial score (nSPS) is 26.0. The van der Waals surface area contributed by atoms with E-state index in [1.165, 1.54) is 19.2 Å². The molecule has 0 spiro atoms. The Hall–Kier alpha value is -1.48. The molecule has 8 heteroatoms. The Morgan fingerprint density at radius 1 is 1.36 bits per heavy atom. The highest BCUT2D eigenvalue weighted by Gasteiger charge is 2.47. The monoisotopic (exact) mass is 329 g/mol. The maximum absolute atomic E-state index is 12.8. The quantitative estimate of drug-likeness (QED) is 0.721. The molecule has 3 atom stereocenters. The van der Waals surface area contributed by atoms with Crippen molar-refractivity contribution in [3.8, 4) is 0 Å². The van der Waals surface area contributed by atoms with Crippen LogP contribution in [0.2, 0.25) is 0 Å². The number of benzene rings is 1. The van der Waals surface area contributed by atoms with Crippen molar-refractivity contribution in [2.75, 3.05) is 13.7 Å². The molecule has 0 radical (unpaired) electrons. The van der Waals surface area contributed by atoms with Gasteiger partial charge in [-0.25, -0.2) is 8.42 Å². The van der Waals surface area contributed by atoms with E-state index >= 15 is 0 Å². The standard InChI is InChI=1S/C14H19NO6S/c1-21-14(18)8-10-7-13(17)12(9-16)15(10)22(19,20)11-5-3-2-4-6-11/h2-6,10,12-13,16-17H,7-9H2,1H3/t10-,12-,13-/m0/s1. The Morgan fingerprint density at radius 2 is 2.00 bits per heavy atom. The van der Waals surface area contributed by atoms with Crippen LogP contribution in [0.3, 0.4) is 0 Å². The van der Waals surface area contributed by atoms with Crippen molar-refractivity contribution < 1.29 is 28.2 Å². The third kappa shape index (κ3) is 3.14. The first-order valence-corrected chi connectivity index (χ1v) is 8.30. The van der Waals surface area contributed by atoms with E-state index in [-0.39, 0.29) is 17.7 Å². The molecule has 0 bridgehead atoms. The fourth-order valence-corrected chi connectivity index (χ4v) is 4.58. The number of esters is 1. The Morgan fingerprint density at radius 3 is 2.55 bits per heavy atom. The average Bonchev–Trinajstić information content (AvgIpc) is 2.83. The summed E-state index contributed by atoms with van der Waals surface area (Å²) in [5.74, 6) is -0.566. The number of ether oxygens (including phenoxy) is 1. The van der Waals surface area contributed by atoms with Crippen LogP contribution in [-0.4, -0.2) is 60.8 Å². The lowest BCUT2D eigenvalue weighted by Crippen LogP contribution is -2.45. The van der Waals surface area contributed by atoms with Crippen LogP contribution in [0.1, 0.15) is 12.8 Å². The third-order valence-electron chi connectivity index (χ3n) is 3.78. The molecule has 7 nitrogen and oxygen atoms in total.